The topological polar surface area (TPSA) is 96.5 Å². The smallest absolute Gasteiger partial charge is 0.308 e. The van der Waals surface area contributed by atoms with E-state index in [0.717, 1.165) is 6.42 Å². The summed E-state index contributed by atoms with van der Waals surface area (Å²) >= 11 is 0. The van der Waals surface area contributed by atoms with Crippen LogP contribution in [-0.2, 0) is 21.4 Å². The highest BCUT2D eigenvalue weighted by molar-refractivity contribution is 5.78. The normalized spacial score (nSPS) is 18.9. The van der Waals surface area contributed by atoms with E-state index in [9.17, 15) is 9.59 Å². The van der Waals surface area contributed by atoms with Gasteiger partial charge in [0.25, 0.3) is 0 Å². The number of rotatable bonds is 5. The van der Waals surface area contributed by atoms with Crippen LogP contribution in [0.5, 0.6) is 0 Å². The molecule has 128 valence electrons. The van der Waals surface area contributed by atoms with Crippen LogP contribution in [0.3, 0.4) is 0 Å². The van der Waals surface area contributed by atoms with Crippen molar-refractivity contribution in [3.8, 4) is 0 Å². The Morgan fingerprint density at radius 2 is 2.13 bits per heavy atom. The molecule has 2 rings (SSSR count). The number of carbonyl (C=O) groups excluding carboxylic acids is 1. The summed E-state index contributed by atoms with van der Waals surface area (Å²) in [7, 11) is 0. The molecule has 7 nitrogen and oxygen atoms in total. The molecule has 0 radical (unpaired) electrons. The van der Waals surface area contributed by atoms with Gasteiger partial charge >= 0.3 is 5.97 Å². The molecule has 23 heavy (non-hydrogen) atoms. The van der Waals surface area contributed by atoms with Gasteiger partial charge in [-0.1, -0.05) is 25.9 Å². The maximum Gasteiger partial charge on any atom is 0.308 e. The number of hydrogen-bond acceptors (Lipinski definition) is 5. The third-order valence-electron chi connectivity index (χ3n) is 4.04. The Bertz CT molecular complexity index is 562. The van der Waals surface area contributed by atoms with E-state index in [4.69, 9.17) is 9.63 Å². The summed E-state index contributed by atoms with van der Waals surface area (Å²) in [5.41, 5.74) is -0.156. The van der Waals surface area contributed by atoms with Crippen molar-refractivity contribution in [3.05, 3.63) is 11.7 Å². The highest BCUT2D eigenvalue weighted by atomic mass is 16.5. The number of carboxylic acid groups (broad SMARTS) is 1. The molecule has 1 atom stereocenters. The minimum atomic E-state index is -0.817. The lowest BCUT2D eigenvalue weighted by Crippen LogP contribution is -2.42. The van der Waals surface area contributed by atoms with Crippen molar-refractivity contribution in [2.45, 2.75) is 58.3 Å². The van der Waals surface area contributed by atoms with E-state index in [-0.39, 0.29) is 11.3 Å². The van der Waals surface area contributed by atoms with E-state index < -0.39 is 11.9 Å². The molecule has 0 bridgehead atoms. The lowest BCUT2D eigenvalue weighted by Gasteiger charge is -2.30. The fraction of sp³-hybridized carbons (Fsp3) is 0.750. The van der Waals surface area contributed by atoms with Crippen molar-refractivity contribution in [3.63, 3.8) is 0 Å². The molecule has 2 heterocycles. The second-order valence-electron chi connectivity index (χ2n) is 7.13. The second-order valence-corrected chi connectivity index (χ2v) is 7.13. The van der Waals surface area contributed by atoms with Crippen molar-refractivity contribution < 1.29 is 19.2 Å². The molecule has 1 fully saturated rings. The van der Waals surface area contributed by atoms with E-state index >= 15 is 0 Å². The first-order chi connectivity index (χ1) is 10.8. The van der Waals surface area contributed by atoms with Gasteiger partial charge in [-0.25, -0.2) is 0 Å². The van der Waals surface area contributed by atoms with Crippen LogP contribution in [-0.4, -0.2) is 45.1 Å². The molecule has 1 unspecified atom stereocenters. The average molecular weight is 323 g/mol. The number of hydrogen-bond donors (Lipinski definition) is 1. The number of piperidine rings is 1. The molecule has 1 aliphatic heterocycles. The fourth-order valence-electron chi connectivity index (χ4n) is 2.62. The molecule has 1 aromatic rings. The standard InChI is InChI=1S/C16H25N3O4/c1-16(2,3)15-17-12(23-18-15)7-4-8-13(20)19-9-5-6-11(10-19)14(21)22/h11H,4-10H2,1-3H3,(H,21,22). The van der Waals surface area contributed by atoms with Crippen molar-refractivity contribution in [2.75, 3.05) is 13.1 Å². The third-order valence-corrected chi connectivity index (χ3v) is 4.04. The first-order valence-corrected chi connectivity index (χ1v) is 8.11. The van der Waals surface area contributed by atoms with Crippen LogP contribution in [0.15, 0.2) is 4.52 Å². The van der Waals surface area contributed by atoms with E-state index in [1.165, 1.54) is 0 Å². The number of aryl methyl sites for hydroxylation is 1. The molecular weight excluding hydrogens is 298 g/mol. The Morgan fingerprint density at radius 1 is 1.39 bits per heavy atom. The molecule has 1 aromatic heterocycles. The summed E-state index contributed by atoms with van der Waals surface area (Å²) in [4.78, 5) is 29.2. The molecule has 1 saturated heterocycles. The molecule has 0 saturated carbocycles. The zero-order chi connectivity index (χ0) is 17.0. The quantitative estimate of drug-likeness (QED) is 0.890. The maximum absolute atomic E-state index is 12.2. The summed E-state index contributed by atoms with van der Waals surface area (Å²) in [5, 5.41) is 13.0. The summed E-state index contributed by atoms with van der Waals surface area (Å²) < 4.78 is 5.20. The number of aromatic nitrogens is 2. The van der Waals surface area contributed by atoms with Crippen LogP contribution in [0, 0.1) is 5.92 Å². The highest BCUT2D eigenvalue weighted by Gasteiger charge is 2.28. The Kier molecular flexibility index (Phi) is 5.38. The number of amides is 1. The van der Waals surface area contributed by atoms with Crippen LogP contribution in [0.2, 0.25) is 0 Å². The van der Waals surface area contributed by atoms with E-state index in [0.29, 0.717) is 50.5 Å². The first kappa shape index (κ1) is 17.4. The van der Waals surface area contributed by atoms with Gasteiger partial charge in [-0.05, 0) is 19.3 Å². The van der Waals surface area contributed by atoms with Crippen molar-refractivity contribution in [1.82, 2.24) is 15.0 Å². The summed E-state index contributed by atoms with van der Waals surface area (Å²) in [5.74, 6) is -0.0310. The zero-order valence-corrected chi connectivity index (χ0v) is 14.0. The lowest BCUT2D eigenvalue weighted by atomic mass is 9.96. The Balaban J connectivity index is 1.78. The number of nitrogens with zero attached hydrogens (tertiary/aromatic N) is 3. The molecule has 0 spiro atoms. The van der Waals surface area contributed by atoms with Crippen LogP contribution in [0.4, 0.5) is 0 Å². The Labute approximate surface area is 136 Å². The minimum absolute atomic E-state index is 0.00603. The van der Waals surface area contributed by atoms with Crippen molar-refractivity contribution >= 4 is 11.9 Å². The number of aliphatic carboxylic acids is 1. The van der Waals surface area contributed by atoms with Crippen LogP contribution >= 0.6 is 0 Å². The monoisotopic (exact) mass is 323 g/mol. The highest BCUT2D eigenvalue weighted by Crippen LogP contribution is 2.20. The molecule has 1 N–H and O–H groups in total. The Hall–Kier alpha value is -1.92. The minimum Gasteiger partial charge on any atom is -0.481 e. The largest absolute Gasteiger partial charge is 0.481 e. The van der Waals surface area contributed by atoms with Gasteiger partial charge in [0.2, 0.25) is 11.8 Å². The second kappa shape index (κ2) is 7.10. The van der Waals surface area contributed by atoms with Crippen LogP contribution in [0.25, 0.3) is 0 Å². The molecule has 7 heteroatoms. The van der Waals surface area contributed by atoms with Gasteiger partial charge in [0.05, 0.1) is 5.92 Å². The van der Waals surface area contributed by atoms with Gasteiger partial charge in [0.15, 0.2) is 5.82 Å². The molecule has 1 amide bonds. The summed E-state index contributed by atoms with van der Waals surface area (Å²) in [6.45, 7) is 7.02. The third kappa shape index (κ3) is 4.77. The summed E-state index contributed by atoms with van der Waals surface area (Å²) in [6, 6.07) is 0. The zero-order valence-electron chi connectivity index (χ0n) is 14.0. The summed E-state index contributed by atoms with van der Waals surface area (Å²) in [6.07, 6.45) is 2.96. The van der Waals surface area contributed by atoms with Gasteiger partial charge in [-0.2, -0.15) is 4.98 Å². The lowest BCUT2D eigenvalue weighted by molar-refractivity contribution is -0.145. The molecule has 0 aliphatic carbocycles. The maximum atomic E-state index is 12.2. The predicted molar refractivity (Wildman–Crippen MR) is 82.9 cm³/mol. The van der Waals surface area contributed by atoms with Gasteiger partial charge in [-0.3, -0.25) is 9.59 Å². The number of carboxylic acids is 1. The fourth-order valence-corrected chi connectivity index (χ4v) is 2.62. The van der Waals surface area contributed by atoms with Crippen LogP contribution in [0.1, 0.15) is 58.2 Å². The number of likely N-dealkylation sites (tertiary alicyclic amines) is 1. The molecular formula is C16H25N3O4. The Morgan fingerprint density at radius 3 is 2.74 bits per heavy atom. The molecule has 0 aromatic carbocycles. The SMILES string of the molecule is CC(C)(C)c1noc(CCCC(=O)N2CCCC(C(=O)O)C2)n1. The van der Waals surface area contributed by atoms with Gasteiger partial charge in [0.1, 0.15) is 0 Å². The molecule has 1 aliphatic rings. The predicted octanol–water partition coefficient (Wildman–Crippen LogP) is 2.01. The van der Waals surface area contributed by atoms with E-state index in [1.54, 1.807) is 4.90 Å². The van der Waals surface area contributed by atoms with Crippen molar-refractivity contribution in [2.24, 2.45) is 5.92 Å². The average Bonchev–Trinajstić information content (AvgIpc) is 2.96. The first-order valence-electron chi connectivity index (χ1n) is 8.11. The van der Waals surface area contributed by atoms with Crippen LogP contribution < -0.4 is 0 Å². The van der Waals surface area contributed by atoms with Gasteiger partial charge < -0.3 is 14.5 Å². The van der Waals surface area contributed by atoms with E-state index in [2.05, 4.69) is 10.1 Å². The number of carbonyl (C=O) groups is 2. The van der Waals surface area contributed by atoms with Crippen molar-refractivity contribution in [1.29, 1.82) is 0 Å². The van der Waals surface area contributed by atoms with E-state index in [1.807, 2.05) is 20.8 Å². The van der Waals surface area contributed by atoms with Gasteiger partial charge in [-0.15, -0.1) is 0 Å². The van der Waals surface area contributed by atoms with Gasteiger partial charge in [0, 0.05) is 31.3 Å².